The number of carboxylic acids is 1. The van der Waals surface area contributed by atoms with Gasteiger partial charge < -0.3 is 10.1 Å². The second-order valence-electron chi connectivity index (χ2n) is 4.35. The topological polar surface area (TPSA) is 78.9 Å². The fourth-order valence-electron chi connectivity index (χ4n) is 1.87. The third kappa shape index (κ3) is 2.06. The highest BCUT2D eigenvalue weighted by Gasteiger charge is 2.09. The van der Waals surface area contributed by atoms with Crippen molar-refractivity contribution in [1.29, 1.82) is 0 Å². The molecule has 0 aliphatic heterocycles. The minimum absolute atomic E-state index is 0.145. The monoisotopic (exact) mass is 253 g/mol. The van der Waals surface area contributed by atoms with Crippen LogP contribution in [0.4, 0.5) is 0 Å². The van der Waals surface area contributed by atoms with Crippen molar-refractivity contribution in [1.82, 2.24) is 15.0 Å². The quantitative estimate of drug-likeness (QED) is 0.735. The van der Waals surface area contributed by atoms with E-state index in [1.807, 2.05) is 31.2 Å². The smallest absolute Gasteiger partial charge is 0.337 e. The number of carbonyl (C=O) groups is 1. The number of fused-ring (bicyclic) bond motifs is 1. The maximum Gasteiger partial charge on any atom is 0.337 e. The van der Waals surface area contributed by atoms with Crippen LogP contribution >= 0.6 is 0 Å². The van der Waals surface area contributed by atoms with E-state index in [1.54, 1.807) is 0 Å². The molecule has 0 saturated carbocycles. The standard InChI is InChI=1S/C14H11N3O2/c1-8-2-4-9(5-3-8)12-16-11-6-10(14(18)19)7-15-13(11)17-12/h2-7H,1H3,(H,18,19)(H,15,16,17). The van der Waals surface area contributed by atoms with Gasteiger partial charge in [0.15, 0.2) is 5.65 Å². The molecule has 0 radical (unpaired) electrons. The molecule has 1 aromatic carbocycles. The molecule has 2 heterocycles. The molecule has 2 aromatic heterocycles. The number of aromatic amines is 1. The van der Waals surface area contributed by atoms with Crippen LogP contribution in [0.3, 0.4) is 0 Å². The first-order chi connectivity index (χ1) is 9.13. The van der Waals surface area contributed by atoms with Gasteiger partial charge in [0.25, 0.3) is 0 Å². The summed E-state index contributed by atoms with van der Waals surface area (Å²) in [7, 11) is 0. The maximum absolute atomic E-state index is 10.9. The van der Waals surface area contributed by atoms with E-state index < -0.39 is 5.97 Å². The zero-order valence-electron chi connectivity index (χ0n) is 10.2. The number of aromatic nitrogens is 3. The molecule has 0 bridgehead atoms. The van der Waals surface area contributed by atoms with Gasteiger partial charge in [-0.15, -0.1) is 0 Å². The van der Waals surface area contributed by atoms with Gasteiger partial charge in [-0.1, -0.05) is 29.8 Å². The van der Waals surface area contributed by atoms with E-state index in [0.29, 0.717) is 17.0 Å². The Morgan fingerprint density at radius 3 is 2.68 bits per heavy atom. The number of carboxylic acid groups (broad SMARTS) is 1. The molecule has 5 heteroatoms. The van der Waals surface area contributed by atoms with E-state index in [0.717, 1.165) is 5.56 Å². The molecule has 0 saturated heterocycles. The molecule has 0 amide bonds. The van der Waals surface area contributed by atoms with E-state index in [4.69, 9.17) is 5.11 Å². The van der Waals surface area contributed by atoms with Gasteiger partial charge in [-0.05, 0) is 13.0 Å². The Morgan fingerprint density at radius 1 is 1.26 bits per heavy atom. The van der Waals surface area contributed by atoms with Crippen molar-refractivity contribution in [3.63, 3.8) is 0 Å². The molecule has 19 heavy (non-hydrogen) atoms. The van der Waals surface area contributed by atoms with Crippen LogP contribution in [0.25, 0.3) is 22.6 Å². The van der Waals surface area contributed by atoms with Crippen molar-refractivity contribution in [2.24, 2.45) is 0 Å². The average Bonchev–Trinajstić information content (AvgIpc) is 2.82. The summed E-state index contributed by atoms with van der Waals surface area (Å²) < 4.78 is 0. The van der Waals surface area contributed by atoms with Gasteiger partial charge in [-0.2, -0.15) is 0 Å². The van der Waals surface area contributed by atoms with Gasteiger partial charge in [-0.3, -0.25) is 0 Å². The second-order valence-corrected chi connectivity index (χ2v) is 4.35. The van der Waals surface area contributed by atoms with E-state index in [-0.39, 0.29) is 5.56 Å². The predicted octanol–water partition coefficient (Wildman–Crippen LogP) is 2.63. The number of hydrogen-bond acceptors (Lipinski definition) is 3. The molecular formula is C14H11N3O2. The highest BCUT2D eigenvalue weighted by Crippen LogP contribution is 2.20. The zero-order valence-corrected chi connectivity index (χ0v) is 10.2. The highest BCUT2D eigenvalue weighted by molar-refractivity contribution is 5.91. The molecule has 94 valence electrons. The van der Waals surface area contributed by atoms with Crippen LogP contribution in [0.5, 0.6) is 0 Å². The van der Waals surface area contributed by atoms with Crippen molar-refractivity contribution in [2.45, 2.75) is 6.92 Å². The van der Waals surface area contributed by atoms with Crippen molar-refractivity contribution in [3.8, 4) is 11.4 Å². The average molecular weight is 253 g/mol. The second kappa shape index (κ2) is 4.20. The summed E-state index contributed by atoms with van der Waals surface area (Å²) >= 11 is 0. The molecule has 2 N–H and O–H groups in total. The zero-order chi connectivity index (χ0) is 13.4. The lowest BCUT2D eigenvalue weighted by molar-refractivity contribution is 0.0696. The highest BCUT2D eigenvalue weighted by atomic mass is 16.4. The minimum atomic E-state index is -0.999. The van der Waals surface area contributed by atoms with E-state index >= 15 is 0 Å². The van der Waals surface area contributed by atoms with Crippen LogP contribution in [0, 0.1) is 6.92 Å². The van der Waals surface area contributed by atoms with Gasteiger partial charge in [0.05, 0.1) is 11.1 Å². The van der Waals surface area contributed by atoms with Gasteiger partial charge in [0, 0.05) is 11.8 Å². The van der Waals surface area contributed by atoms with Crippen LogP contribution < -0.4 is 0 Å². The Morgan fingerprint density at radius 2 is 2.00 bits per heavy atom. The largest absolute Gasteiger partial charge is 0.478 e. The van der Waals surface area contributed by atoms with Crippen LogP contribution in [-0.4, -0.2) is 26.0 Å². The summed E-state index contributed by atoms with van der Waals surface area (Å²) in [6.07, 6.45) is 1.31. The molecule has 0 aliphatic rings. The van der Waals surface area contributed by atoms with Crippen LogP contribution in [-0.2, 0) is 0 Å². The molecule has 0 spiro atoms. The number of pyridine rings is 1. The third-order valence-corrected chi connectivity index (χ3v) is 2.91. The Labute approximate surface area is 109 Å². The summed E-state index contributed by atoms with van der Waals surface area (Å²) in [6, 6.07) is 9.46. The van der Waals surface area contributed by atoms with E-state index in [9.17, 15) is 4.79 Å². The lowest BCUT2D eigenvalue weighted by Crippen LogP contribution is -1.96. The van der Waals surface area contributed by atoms with Crippen molar-refractivity contribution < 1.29 is 9.90 Å². The van der Waals surface area contributed by atoms with Crippen molar-refractivity contribution in [3.05, 3.63) is 47.7 Å². The SMILES string of the molecule is Cc1ccc(-c2nc3ncc(C(=O)O)cc3[nH]2)cc1. The van der Waals surface area contributed by atoms with E-state index in [1.165, 1.54) is 17.8 Å². The Balaban J connectivity index is 2.11. The number of benzene rings is 1. The molecular weight excluding hydrogens is 242 g/mol. The number of nitrogens with one attached hydrogen (secondary N) is 1. The number of nitrogens with zero attached hydrogens (tertiary/aromatic N) is 2. The Hall–Kier alpha value is -2.69. The Bertz CT molecular complexity index is 760. The van der Waals surface area contributed by atoms with Gasteiger partial charge in [0.1, 0.15) is 5.82 Å². The molecule has 3 rings (SSSR count). The number of rotatable bonds is 2. The summed E-state index contributed by atoms with van der Waals surface area (Å²) in [5.74, 6) is -0.314. The molecule has 0 atom stereocenters. The molecule has 5 nitrogen and oxygen atoms in total. The predicted molar refractivity (Wildman–Crippen MR) is 71.0 cm³/mol. The molecule has 0 unspecified atom stereocenters. The lowest BCUT2D eigenvalue weighted by atomic mass is 10.1. The maximum atomic E-state index is 10.9. The van der Waals surface area contributed by atoms with Gasteiger partial charge in [-0.25, -0.2) is 14.8 Å². The fraction of sp³-hybridized carbons (Fsp3) is 0.0714. The van der Waals surface area contributed by atoms with Crippen molar-refractivity contribution >= 4 is 17.1 Å². The molecule has 0 fully saturated rings. The van der Waals surface area contributed by atoms with Gasteiger partial charge >= 0.3 is 5.97 Å². The number of aryl methyl sites for hydroxylation is 1. The molecule has 0 aliphatic carbocycles. The van der Waals surface area contributed by atoms with E-state index in [2.05, 4.69) is 15.0 Å². The molecule has 3 aromatic rings. The van der Waals surface area contributed by atoms with Gasteiger partial charge in [0.2, 0.25) is 0 Å². The minimum Gasteiger partial charge on any atom is -0.478 e. The van der Waals surface area contributed by atoms with Crippen molar-refractivity contribution in [2.75, 3.05) is 0 Å². The van der Waals surface area contributed by atoms with Crippen LogP contribution in [0.15, 0.2) is 36.5 Å². The van der Waals surface area contributed by atoms with Crippen LogP contribution in [0.2, 0.25) is 0 Å². The number of aromatic carboxylic acids is 1. The van der Waals surface area contributed by atoms with Crippen LogP contribution in [0.1, 0.15) is 15.9 Å². The Kier molecular flexibility index (Phi) is 2.52. The summed E-state index contributed by atoms with van der Waals surface area (Å²) in [5, 5.41) is 8.92. The number of hydrogen-bond donors (Lipinski definition) is 2. The number of imidazole rings is 1. The third-order valence-electron chi connectivity index (χ3n) is 2.91. The first-order valence-corrected chi connectivity index (χ1v) is 5.79. The summed E-state index contributed by atoms with van der Waals surface area (Å²) in [6.45, 7) is 2.02. The summed E-state index contributed by atoms with van der Waals surface area (Å²) in [5.41, 5.74) is 3.40. The lowest BCUT2D eigenvalue weighted by Gasteiger charge is -1.96. The normalized spacial score (nSPS) is 10.8. The first kappa shape index (κ1) is 11.4. The first-order valence-electron chi connectivity index (χ1n) is 5.79. The number of H-pyrrole nitrogens is 1. The fourth-order valence-corrected chi connectivity index (χ4v) is 1.87. The summed E-state index contributed by atoms with van der Waals surface area (Å²) in [4.78, 5) is 22.4.